The second-order valence-electron chi connectivity index (χ2n) is 2.75. The van der Waals surface area contributed by atoms with E-state index in [9.17, 15) is 9.18 Å². The predicted octanol–water partition coefficient (Wildman–Crippen LogP) is 2.72. The molecule has 0 unspecified atom stereocenters. The Hall–Kier alpha value is -1.73. The minimum atomic E-state index is -0.491. The monoisotopic (exact) mass is 205 g/mol. The summed E-state index contributed by atoms with van der Waals surface area (Å²) in [5.41, 5.74) is 0.708. The van der Waals surface area contributed by atoms with E-state index >= 15 is 0 Å². The van der Waals surface area contributed by atoms with Gasteiger partial charge in [0.25, 0.3) is 0 Å². The molecule has 0 spiro atoms. The summed E-state index contributed by atoms with van der Waals surface area (Å²) in [6, 6.07) is 4.41. The Morgan fingerprint density at radius 1 is 1.50 bits per heavy atom. The molecule has 0 aliphatic heterocycles. The number of carbonyl (C=O) groups is 1. The largest absolute Gasteiger partial charge is 0.298 e. The summed E-state index contributed by atoms with van der Waals surface area (Å²) < 4.78 is 13.7. The van der Waals surface area contributed by atoms with Crippen molar-refractivity contribution in [1.29, 1.82) is 5.26 Å². The maximum atomic E-state index is 13.0. The fourth-order valence-corrected chi connectivity index (χ4v) is 2.26. The molecule has 0 bridgehead atoms. The molecule has 0 saturated heterocycles. The molecule has 1 heterocycles. The van der Waals surface area contributed by atoms with Gasteiger partial charge < -0.3 is 0 Å². The van der Waals surface area contributed by atoms with E-state index in [0.29, 0.717) is 27.5 Å². The average Bonchev–Trinajstić information content (AvgIpc) is 2.59. The van der Waals surface area contributed by atoms with Gasteiger partial charge >= 0.3 is 0 Å². The van der Waals surface area contributed by atoms with Crippen LogP contribution >= 0.6 is 11.3 Å². The van der Waals surface area contributed by atoms with Crippen molar-refractivity contribution in [3.05, 3.63) is 34.5 Å². The first-order valence-electron chi connectivity index (χ1n) is 3.82. The molecule has 0 atom stereocenters. The number of hydrogen-bond donors (Lipinski definition) is 0. The molecule has 0 fully saturated rings. The number of aldehydes is 1. The number of carbonyl (C=O) groups excluding carboxylic acids is 1. The van der Waals surface area contributed by atoms with Crippen molar-refractivity contribution < 1.29 is 9.18 Å². The molecule has 4 heteroatoms. The topological polar surface area (TPSA) is 40.9 Å². The number of nitriles is 1. The molecule has 1 aromatic heterocycles. The van der Waals surface area contributed by atoms with E-state index in [4.69, 9.17) is 5.26 Å². The zero-order valence-corrected chi connectivity index (χ0v) is 7.77. The van der Waals surface area contributed by atoms with Crippen LogP contribution in [-0.2, 0) is 0 Å². The summed E-state index contributed by atoms with van der Waals surface area (Å²) in [6.07, 6.45) is 0.600. The Labute approximate surface area is 83.2 Å². The van der Waals surface area contributed by atoms with Crippen molar-refractivity contribution >= 4 is 27.7 Å². The van der Waals surface area contributed by atoms with Gasteiger partial charge in [0.15, 0.2) is 6.29 Å². The predicted molar refractivity (Wildman–Crippen MR) is 51.9 cm³/mol. The molecule has 2 aromatic rings. The van der Waals surface area contributed by atoms with Gasteiger partial charge in [-0.1, -0.05) is 0 Å². The van der Waals surface area contributed by atoms with Gasteiger partial charge in [0.05, 0.1) is 5.56 Å². The fraction of sp³-hybridized carbons (Fsp3) is 0. The zero-order valence-electron chi connectivity index (χ0n) is 6.95. The molecule has 0 aliphatic rings. The second-order valence-corrected chi connectivity index (χ2v) is 3.63. The van der Waals surface area contributed by atoms with Gasteiger partial charge in [-0.15, -0.1) is 11.3 Å². The summed E-state index contributed by atoms with van der Waals surface area (Å²) >= 11 is 1.28. The third kappa shape index (κ3) is 1.19. The highest BCUT2D eigenvalue weighted by Crippen LogP contribution is 2.28. The van der Waals surface area contributed by atoms with Gasteiger partial charge in [0.1, 0.15) is 11.9 Å². The fourth-order valence-electron chi connectivity index (χ4n) is 1.30. The standard InChI is InChI=1S/C10H4FNOS/c11-8-1-6(4-13)10-9(2-8)7(3-12)5-14-10/h1-2,4-5H. The summed E-state index contributed by atoms with van der Waals surface area (Å²) in [6.45, 7) is 0. The number of benzene rings is 1. The molecule has 68 valence electrons. The Morgan fingerprint density at radius 3 is 2.93 bits per heavy atom. The van der Waals surface area contributed by atoms with Crippen LogP contribution in [0.15, 0.2) is 17.5 Å². The lowest BCUT2D eigenvalue weighted by Crippen LogP contribution is -1.83. The molecular formula is C10H4FNOS. The van der Waals surface area contributed by atoms with Gasteiger partial charge in [0, 0.05) is 21.0 Å². The average molecular weight is 205 g/mol. The summed E-state index contributed by atoms with van der Waals surface area (Å²) in [5, 5.41) is 10.9. The number of halogens is 1. The minimum absolute atomic E-state index is 0.298. The van der Waals surface area contributed by atoms with Crippen LogP contribution in [0.25, 0.3) is 10.1 Å². The van der Waals surface area contributed by atoms with Crippen LogP contribution in [0.1, 0.15) is 15.9 Å². The molecule has 0 radical (unpaired) electrons. The third-order valence-electron chi connectivity index (χ3n) is 1.91. The van der Waals surface area contributed by atoms with Crippen LogP contribution in [0, 0.1) is 17.1 Å². The van der Waals surface area contributed by atoms with E-state index in [1.807, 2.05) is 6.07 Å². The maximum absolute atomic E-state index is 13.0. The molecule has 0 amide bonds. The van der Waals surface area contributed by atoms with Crippen molar-refractivity contribution in [1.82, 2.24) is 0 Å². The summed E-state index contributed by atoms with van der Waals surface area (Å²) in [4.78, 5) is 10.6. The first-order valence-corrected chi connectivity index (χ1v) is 4.70. The molecule has 14 heavy (non-hydrogen) atoms. The van der Waals surface area contributed by atoms with E-state index in [0.717, 1.165) is 0 Å². The summed E-state index contributed by atoms with van der Waals surface area (Å²) in [5.74, 6) is -0.491. The molecular weight excluding hydrogens is 201 g/mol. The van der Waals surface area contributed by atoms with E-state index < -0.39 is 5.82 Å². The van der Waals surface area contributed by atoms with Crippen molar-refractivity contribution in [3.63, 3.8) is 0 Å². The van der Waals surface area contributed by atoms with Gasteiger partial charge in [0.2, 0.25) is 0 Å². The van der Waals surface area contributed by atoms with Crippen molar-refractivity contribution in [2.24, 2.45) is 0 Å². The van der Waals surface area contributed by atoms with Crippen LogP contribution < -0.4 is 0 Å². The molecule has 0 aliphatic carbocycles. The van der Waals surface area contributed by atoms with Gasteiger partial charge in [-0.3, -0.25) is 4.79 Å². The molecule has 2 nitrogen and oxygen atoms in total. The Balaban J connectivity index is 2.91. The van der Waals surface area contributed by atoms with Gasteiger partial charge in [-0.2, -0.15) is 5.26 Å². The maximum Gasteiger partial charge on any atom is 0.151 e. The lowest BCUT2D eigenvalue weighted by Gasteiger charge is -1.94. The van der Waals surface area contributed by atoms with Crippen LogP contribution in [0.4, 0.5) is 4.39 Å². The van der Waals surface area contributed by atoms with E-state index in [2.05, 4.69) is 0 Å². The van der Waals surface area contributed by atoms with Crippen LogP contribution in [-0.4, -0.2) is 6.29 Å². The normalized spacial score (nSPS) is 10.0. The molecule has 1 aromatic carbocycles. The Kier molecular flexibility index (Phi) is 2.02. The lowest BCUT2D eigenvalue weighted by atomic mass is 10.1. The van der Waals surface area contributed by atoms with E-state index in [1.165, 1.54) is 23.5 Å². The van der Waals surface area contributed by atoms with Gasteiger partial charge in [-0.25, -0.2) is 4.39 Å². The van der Waals surface area contributed by atoms with Crippen molar-refractivity contribution in [3.8, 4) is 6.07 Å². The number of hydrogen-bond acceptors (Lipinski definition) is 3. The SMILES string of the molecule is N#Cc1csc2c(C=O)cc(F)cc12. The number of rotatable bonds is 1. The van der Waals surface area contributed by atoms with Crippen LogP contribution in [0.3, 0.4) is 0 Å². The highest BCUT2D eigenvalue weighted by atomic mass is 32.1. The second kappa shape index (κ2) is 3.20. The number of nitrogens with zero attached hydrogens (tertiary/aromatic N) is 1. The zero-order chi connectivity index (χ0) is 10.1. The first kappa shape index (κ1) is 8.85. The minimum Gasteiger partial charge on any atom is -0.298 e. The Morgan fingerprint density at radius 2 is 2.29 bits per heavy atom. The highest BCUT2D eigenvalue weighted by molar-refractivity contribution is 7.17. The number of fused-ring (bicyclic) bond motifs is 1. The van der Waals surface area contributed by atoms with Gasteiger partial charge in [-0.05, 0) is 12.1 Å². The van der Waals surface area contributed by atoms with Crippen LogP contribution in [0.5, 0.6) is 0 Å². The Bertz CT molecular complexity index is 553. The smallest absolute Gasteiger partial charge is 0.151 e. The first-order chi connectivity index (χ1) is 6.76. The molecule has 0 N–H and O–H groups in total. The molecule has 0 saturated carbocycles. The molecule has 2 rings (SSSR count). The van der Waals surface area contributed by atoms with Crippen molar-refractivity contribution in [2.45, 2.75) is 0 Å². The van der Waals surface area contributed by atoms with Crippen LogP contribution in [0.2, 0.25) is 0 Å². The lowest BCUT2D eigenvalue weighted by molar-refractivity contribution is 0.112. The van der Waals surface area contributed by atoms with E-state index in [1.54, 1.807) is 5.38 Å². The quantitative estimate of drug-likeness (QED) is 0.671. The summed E-state index contributed by atoms with van der Waals surface area (Å²) in [7, 11) is 0. The number of thiophene rings is 1. The third-order valence-corrected chi connectivity index (χ3v) is 2.96. The van der Waals surface area contributed by atoms with Crippen molar-refractivity contribution in [2.75, 3.05) is 0 Å². The highest BCUT2D eigenvalue weighted by Gasteiger charge is 2.09. The van der Waals surface area contributed by atoms with E-state index in [-0.39, 0.29) is 0 Å².